The van der Waals surface area contributed by atoms with Gasteiger partial charge in [-0.2, -0.15) is 0 Å². The Labute approximate surface area is 68.4 Å². The van der Waals surface area contributed by atoms with Crippen LogP contribution in [0.5, 0.6) is 0 Å². The van der Waals surface area contributed by atoms with E-state index in [1.54, 1.807) is 6.92 Å². The summed E-state index contributed by atoms with van der Waals surface area (Å²) in [7, 11) is 0. The molecule has 0 amide bonds. The van der Waals surface area contributed by atoms with Gasteiger partial charge in [-0.3, -0.25) is 4.79 Å². The topological polar surface area (TPSA) is 37.3 Å². The zero-order chi connectivity index (χ0) is 5.70. The van der Waals surface area contributed by atoms with Gasteiger partial charge in [0.2, 0.25) is 0 Å². The molecule has 0 aromatic rings. The van der Waals surface area contributed by atoms with Crippen molar-refractivity contribution in [2.75, 3.05) is 6.61 Å². The molecule has 8 heavy (non-hydrogen) atoms. The van der Waals surface area contributed by atoms with E-state index >= 15 is 0 Å². The minimum atomic E-state index is -0.00727. The van der Waals surface area contributed by atoms with Gasteiger partial charge in [0, 0.05) is 45.7 Å². The van der Waals surface area contributed by atoms with Crippen LogP contribution >= 0.6 is 0 Å². The summed E-state index contributed by atoms with van der Waals surface area (Å²) in [6.07, 6.45) is 0.858. The van der Waals surface area contributed by atoms with E-state index in [-0.39, 0.29) is 38.6 Å². The molecule has 0 aliphatic rings. The minimum absolute atomic E-state index is 0. The molecule has 0 aliphatic heterocycles. The summed E-state index contributed by atoms with van der Waals surface area (Å²) in [5.74, 6) is 0.127. The molecule has 2 nitrogen and oxygen atoms in total. The molecule has 46 valence electrons. The van der Waals surface area contributed by atoms with Crippen molar-refractivity contribution in [1.29, 1.82) is 0 Å². The van der Waals surface area contributed by atoms with Crippen molar-refractivity contribution in [1.82, 2.24) is 0 Å². The van der Waals surface area contributed by atoms with Crippen LogP contribution in [0.1, 0.15) is 19.8 Å². The quantitative estimate of drug-likeness (QED) is 0.702. The Hall–Kier alpha value is 0.513. The second-order valence-corrected chi connectivity index (χ2v) is 1.37. The van der Waals surface area contributed by atoms with Crippen LogP contribution in [-0.4, -0.2) is 17.5 Å². The average Bonchev–Trinajstić information content (AvgIpc) is 1.68. The maximum atomic E-state index is 10.3. The van der Waals surface area contributed by atoms with Crippen LogP contribution in [0.4, 0.5) is 0 Å². The molecule has 0 aliphatic carbocycles. The van der Waals surface area contributed by atoms with Crippen molar-refractivity contribution in [3.8, 4) is 0 Å². The molecule has 0 heterocycles. The van der Waals surface area contributed by atoms with Gasteiger partial charge in [-0.1, -0.05) is 6.92 Å². The Bertz CT molecular complexity index is 63.4. The number of hydrogen-bond acceptors (Lipinski definition) is 2. The first-order valence-electron chi connectivity index (χ1n) is 2.43. The standard InChI is InChI=1S/C5H10O2.Zr/c1-2-5(7)3-4-6;/h6H,2-4H2,1H3;. The minimum Gasteiger partial charge on any atom is -0.396 e. The van der Waals surface area contributed by atoms with Gasteiger partial charge >= 0.3 is 0 Å². The smallest absolute Gasteiger partial charge is 0.134 e. The van der Waals surface area contributed by atoms with E-state index in [1.165, 1.54) is 0 Å². The molecule has 0 unspecified atom stereocenters. The van der Waals surface area contributed by atoms with Gasteiger partial charge in [-0.25, -0.2) is 0 Å². The van der Waals surface area contributed by atoms with E-state index in [0.717, 1.165) is 0 Å². The number of Topliss-reactive ketones (excluding diaryl/α,β-unsaturated/α-hetero) is 1. The monoisotopic (exact) mass is 192 g/mol. The Morgan fingerprint density at radius 3 is 2.25 bits per heavy atom. The Morgan fingerprint density at radius 2 is 2.12 bits per heavy atom. The number of rotatable bonds is 3. The predicted octanol–water partition coefficient (Wildman–Crippen LogP) is 0.345. The van der Waals surface area contributed by atoms with Crippen molar-refractivity contribution in [3.05, 3.63) is 0 Å². The van der Waals surface area contributed by atoms with Gasteiger partial charge in [0.15, 0.2) is 0 Å². The Morgan fingerprint density at radius 1 is 1.62 bits per heavy atom. The SMILES string of the molecule is CCC(=O)CCO.[Zr]. The maximum absolute atomic E-state index is 10.3. The molecule has 0 atom stereocenters. The summed E-state index contributed by atoms with van der Waals surface area (Å²) in [6.45, 7) is 1.78. The van der Waals surface area contributed by atoms with E-state index in [9.17, 15) is 4.79 Å². The summed E-state index contributed by atoms with van der Waals surface area (Å²) in [5.41, 5.74) is 0. The molecule has 0 radical (unpaired) electrons. The van der Waals surface area contributed by atoms with Gasteiger partial charge in [0.05, 0.1) is 0 Å². The first-order chi connectivity index (χ1) is 3.31. The number of hydrogen-bond donors (Lipinski definition) is 1. The van der Waals surface area contributed by atoms with E-state index in [2.05, 4.69) is 0 Å². The third-order valence-corrected chi connectivity index (χ3v) is 0.785. The molecule has 0 spiro atoms. The third-order valence-electron chi connectivity index (χ3n) is 0.785. The van der Waals surface area contributed by atoms with E-state index in [4.69, 9.17) is 5.11 Å². The van der Waals surface area contributed by atoms with Crippen LogP contribution in [-0.2, 0) is 31.0 Å². The second-order valence-electron chi connectivity index (χ2n) is 1.37. The summed E-state index contributed by atoms with van der Waals surface area (Å²) >= 11 is 0. The second kappa shape index (κ2) is 7.51. The van der Waals surface area contributed by atoms with E-state index in [1.807, 2.05) is 0 Å². The predicted molar refractivity (Wildman–Crippen MR) is 27.0 cm³/mol. The molecule has 0 aromatic heterocycles. The fourth-order valence-electron chi connectivity index (χ4n) is 0.301. The third kappa shape index (κ3) is 6.51. The molecule has 3 heteroatoms. The Kier molecular flexibility index (Phi) is 10.6. The largest absolute Gasteiger partial charge is 0.396 e. The molecule has 0 saturated heterocycles. The molecule has 1 N–H and O–H groups in total. The van der Waals surface area contributed by atoms with Gasteiger partial charge in [0.1, 0.15) is 5.78 Å². The number of ketones is 1. The van der Waals surface area contributed by atoms with Gasteiger partial charge in [-0.15, -0.1) is 0 Å². The van der Waals surface area contributed by atoms with Crippen LogP contribution in [0, 0.1) is 0 Å². The number of aliphatic hydroxyl groups is 1. The first-order valence-corrected chi connectivity index (χ1v) is 2.43. The summed E-state index contributed by atoms with van der Waals surface area (Å²) in [4.78, 5) is 10.3. The van der Waals surface area contributed by atoms with Crippen LogP contribution in [0.15, 0.2) is 0 Å². The zero-order valence-electron chi connectivity index (χ0n) is 4.98. The molecule has 0 bridgehead atoms. The molecule has 0 saturated carbocycles. The molecular formula is C5H10O2Zr. The van der Waals surface area contributed by atoms with Crippen molar-refractivity contribution in [3.63, 3.8) is 0 Å². The van der Waals surface area contributed by atoms with Crippen LogP contribution in [0.25, 0.3) is 0 Å². The van der Waals surface area contributed by atoms with Crippen molar-refractivity contribution >= 4 is 5.78 Å². The van der Waals surface area contributed by atoms with Crippen molar-refractivity contribution in [2.45, 2.75) is 19.8 Å². The normalized spacial score (nSPS) is 7.75. The van der Waals surface area contributed by atoms with Gasteiger partial charge in [-0.05, 0) is 0 Å². The average molecular weight is 193 g/mol. The fourth-order valence-corrected chi connectivity index (χ4v) is 0.301. The maximum Gasteiger partial charge on any atom is 0.134 e. The van der Waals surface area contributed by atoms with Gasteiger partial charge < -0.3 is 5.11 Å². The summed E-state index contributed by atoms with van der Waals surface area (Å²) in [5, 5.41) is 8.15. The zero-order valence-corrected chi connectivity index (χ0v) is 7.43. The summed E-state index contributed by atoms with van der Waals surface area (Å²) < 4.78 is 0. The Balaban J connectivity index is 0. The molecule has 0 fully saturated rings. The molecule has 0 aromatic carbocycles. The van der Waals surface area contributed by atoms with Crippen LogP contribution in [0.3, 0.4) is 0 Å². The molecular weight excluding hydrogens is 183 g/mol. The van der Waals surface area contributed by atoms with E-state index < -0.39 is 0 Å². The number of carbonyl (C=O) groups is 1. The number of aliphatic hydroxyl groups excluding tert-OH is 1. The fraction of sp³-hybridized carbons (Fsp3) is 0.800. The van der Waals surface area contributed by atoms with Crippen LogP contribution in [0.2, 0.25) is 0 Å². The van der Waals surface area contributed by atoms with Gasteiger partial charge in [0.25, 0.3) is 0 Å². The van der Waals surface area contributed by atoms with Crippen molar-refractivity contribution in [2.24, 2.45) is 0 Å². The number of carbonyl (C=O) groups excluding carboxylic acids is 1. The first kappa shape index (κ1) is 11.3. The van der Waals surface area contributed by atoms with Crippen molar-refractivity contribution < 1.29 is 36.1 Å². The van der Waals surface area contributed by atoms with Crippen LogP contribution < -0.4 is 0 Å². The van der Waals surface area contributed by atoms with E-state index in [0.29, 0.717) is 12.8 Å². The summed E-state index contributed by atoms with van der Waals surface area (Å²) in [6, 6.07) is 0. The molecule has 0 rings (SSSR count).